The molecule has 4 heteroatoms. The standard InChI is InChI=1S/C13H33N3P/c1-8-14(9-2)17(7,15(10-3)11-4)16(12-5)13-6/h8-13H2,1-7H3/q+1. The molecule has 0 rings (SSSR count). The monoisotopic (exact) mass is 262 g/mol. The van der Waals surface area contributed by atoms with Gasteiger partial charge in [-0.3, -0.25) is 0 Å². The summed E-state index contributed by atoms with van der Waals surface area (Å²) in [4.78, 5) is 0. The molecule has 0 atom stereocenters. The normalized spacial score (nSPS) is 13.1. The molecule has 0 heterocycles. The van der Waals surface area contributed by atoms with Crippen molar-refractivity contribution in [2.24, 2.45) is 0 Å². The van der Waals surface area contributed by atoms with E-state index in [0.717, 1.165) is 39.3 Å². The van der Waals surface area contributed by atoms with Gasteiger partial charge in [-0.2, -0.15) is 0 Å². The summed E-state index contributed by atoms with van der Waals surface area (Å²) in [5, 5.41) is 0. The maximum absolute atomic E-state index is 2.67. The summed E-state index contributed by atoms with van der Waals surface area (Å²) in [5.41, 5.74) is 0. The molecule has 0 amide bonds. The van der Waals surface area contributed by atoms with E-state index in [1.165, 1.54) is 0 Å². The molecule has 0 aromatic carbocycles. The highest BCUT2D eigenvalue weighted by molar-refractivity contribution is 7.68. The molecule has 17 heavy (non-hydrogen) atoms. The van der Waals surface area contributed by atoms with Crippen LogP contribution in [0.2, 0.25) is 0 Å². The van der Waals surface area contributed by atoms with E-state index in [1.54, 1.807) is 0 Å². The zero-order valence-corrected chi connectivity index (χ0v) is 13.9. The second-order valence-electron chi connectivity index (χ2n) is 4.29. The fourth-order valence-electron chi connectivity index (χ4n) is 2.81. The highest BCUT2D eigenvalue weighted by Gasteiger charge is 2.48. The molecule has 0 saturated carbocycles. The molecule has 0 N–H and O–H groups in total. The number of hydrogen-bond acceptors (Lipinski definition) is 3. The summed E-state index contributed by atoms with van der Waals surface area (Å²) in [6.45, 7) is 23.1. The van der Waals surface area contributed by atoms with Crippen molar-refractivity contribution in [1.29, 1.82) is 0 Å². The van der Waals surface area contributed by atoms with Crippen molar-refractivity contribution < 1.29 is 0 Å². The quantitative estimate of drug-likeness (QED) is 0.590. The molecule has 0 spiro atoms. The summed E-state index contributed by atoms with van der Waals surface area (Å²) in [7, 11) is -1.30. The van der Waals surface area contributed by atoms with Crippen molar-refractivity contribution >= 4 is 7.71 Å². The first kappa shape index (κ1) is 17.3. The van der Waals surface area contributed by atoms with E-state index in [9.17, 15) is 0 Å². The lowest BCUT2D eigenvalue weighted by Crippen LogP contribution is -2.44. The van der Waals surface area contributed by atoms with Crippen LogP contribution in [-0.4, -0.2) is 59.9 Å². The molecule has 0 aromatic heterocycles. The van der Waals surface area contributed by atoms with Crippen LogP contribution in [0.15, 0.2) is 0 Å². The minimum Gasteiger partial charge on any atom is -0.149 e. The predicted molar refractivity (Wildman–Crippen MR) is 81.6 cm³/mol. The second-order valence-corrected chi connectivity index (χ2v) is 7.72. The van der Waals surface area contributed by atoms with Crippen LogP contribution < -0.4 is 0 Å². The van der Waals surface area contributed by atoms with Crippen molar-refractivity contribution in [2.75, 3.05) is 45.9 Å². The Balaban J connectivity index is 5.29. The van der Waals surface area contributed by atoms with E-state index < -0.39 is 7.71 Å². The minimum atomic E-state index is -1.30. The third kappa shape index (κ3) is 3.64. The molecule has 0 bridgehead atoms. The van der Waals surface area contributed by atoms with E-state index in [2.05, 4.69) is 62.2 Å². The van der Waals surface area contributed by atoms with Gasteiger partial charge in [0.05, 0.1) is 6.66 Å². The Labute approximate surface area is 110 Å². The van der Waals surface area contributed by atoms with Crippen LogP contribution in [0.1, 0.15) is 41.5 Å². The van der Waals surface area contributed by atoms with E-state index in [4.69, 9.17) is 0 Å². The molecule has 3 nitrogen and oxygen atoms in total. The average Bonchev–Trinajstić information content (AvgIpc) is 2.33. The van der Waals surface area contributed by atoms with Gasteiger partial charge < -0.3 is 0 Å². The predicted octanol–water partition coefficient (Wildman–Crippen LogP) is 3.40. The Hall–Kier alpha value is 0.310. The van der Waals surface area contributed by atoms with E-state index >= 15 is 0 Å². The Kier molecular flexibility index (Phi) is 8.57. The van der Waals surface area contributed by atoms with Gasteiger partial charge >= 0.3 is 0 Å². The average molecular weight is 262 g/mol. The molecular formula is C13H33N3P+. The zero-order chi connectivity index (χ0) is 13.5. The van der Waals surface area contributed by atoms with Gasteiger partial charge in [0.1, 0.15) is 0 Å². The molecule has 0 aliphatic rings. The van der Waals surface area contributed by atoms with Crippen LogP contribution in [0.4, 0.5) is 0 Å². The SMILES string of the molecule is CCN(CC)[P+](C)(N(CC)CC)N(CC)CC. The van der Waals surface area contributed by atoms with Gasteiger partial charge in [0, 0.05) is 39.3 Å². The lowest BCUT2D eigenvalue weighted by molar-refractivity contribution is 0.334. The molecule has 0 unspecified atom stereocenters. The molecule has 104 valence electrons. The van der Waals surface area contributed by atoms with Crippen LogP contribution in [0.5, 0.6) is 0 Å². The summed E-state index contributed by atoms with van der Waals surface area (Å²) in [6.07, 6.45) is 0. The summed E-state index contributed by atoms with van der Waals surface area (Å²) < 4.78 is 8.02. The Morgan fingerprint density at radius 1 is 0.529 bits per heavy atom. The first-order chi connectivity index (χ1) is 8.06. The van der Waals surface area contributed by atoms with Crippen molar-refractivity contribution in [2.45, 2.75) is 41.5 Å². The molecular weight excluding hydrogens is 229 g/mol. The van der Waals surface area contributed by atoms with Gasteiger partial charge in [-0.05, 0) is 41.5 Å². The molecule has 0 saturated heterocycles. The maximum atomic E-state index is 2.67. The van der Waals surface area contributed by atoms with Crippen LogP contribution in [0.25, 0.3) is 0 Å². The Bertz CT molecular complexity index is 156. The summed E-state index contributed by atoms with van der Waals surface area (Å²) >= 11 is 0. The first-order valence-electron chi connectivity index (χ1n) is 7.19. The van der Waals surface area contributed by atoms with Crippen molar-refractivity contribution in [3.05, 3.63) is 0 Å². The van der Waals surface area contributed by atoms with E-state index in [0.29, 0.717) is 0 Å². The van der Waals surface area contributed by atoms with Crippen molar-refractivity contribution in [3.8, 4) is 0 Å². The lowest BCUT2D eigenvalue weighted by atomic mass is 10.7. The second kappa shape index (κ2) is 8.42. The molecule has 0 fully saturated rings. The molecule has 0 aromatic rings. The van der Waals surface area contributed by atoms with Gasteiger partial charge in [-0.25, -0.2) is 0 Å². The third-order valence-corrected chi connectivity index (χ3v) is 8.71. The van der Waals surface area contributed by atoms with Gasteiger partial charge in [-0.1, -0.05) is 0 Å². The first-order valence-corrected chi connectivity index (χ1v) is 9.28. The topological polar surface area (TPSA) is 9.72 Å². The Morgan fingerprint density at radius 2 is 0.706 bits per heavy atom. The van der Waals surface area contributed by atoms with Crippen LogP contribution >= 0.6 is 7.71 Å². The largest absolute Gasteiger partial charge is 0.224 e. The fourth-order valence-corrected chi connectivity index (χ4v) is 7.10. The van der Waals surface area contributed by atoms with Gasteiger partial charge in [-0.15, -0.1) is 14.0 Å². The number of hydrogen-bond donors (Lipinski definition) is 0. The van der Waals surface area contributed by atoms with Gasteiger partial charge in [0.25, 0.3) is 0 Å². The van der Waals surface area contributed by atoms with Gasteiger partial charge in [0.15, 0.2) is 0 Å². The van der Waals surface area contributed by atoms with Gasteiger partial charge in [0.2, 0.25) is 7.71 Å². The molecule has 0 aliphatic carbocycles. The van der Waals surface area contributed by atoms with Crippen molar-refractivity contribution in [3.63, 3.8) is 0 Å². The maximum Gasteiger partial charge on any atom is 0.224 e. The molecule has 0 aliphatic heterocycles. The minimum absolute atomic E-state index is 1.15. The van der Waals surface area contributed by atoms with Crippen LogP contribution in [-0.2, 0) is 0 Å². The number of rotatable bonds is 9. The summed E-state index contributed by atoms with van der Waals surface area (Å²) in [5.74, 6) is 0. The van der Waals surface area contributed by atoms with E-state index in [1.807, 2.05) is 0 Å². The van der Waals surface area contributed by atoms with Crippen LogP contribution in [0, 0.1) is 0 Å². The zero-order valence-electron chi connectivity index (χ0n) is 13.0. The van der Waals surface area contributed by atoms with E-state index in [-0.39, 0.29) is 0 Å². The van der Waals surface area contributed by atoms with Crippen LogP contribution in [0.3, 0.4) is 0 Å². The van der Waals surface area contributed by atoms with Crippen molar-refractivity contribution in [1.82, 2.24) is 14.0 Å². The number of nitrogens with zero attached hydrogens (tertiary/aromatic N) is 3. The third-order valence-electron chi connectivity index (χ3n) is 3.80. The smallest absolute Gasteiger partial charge is 0.149 e. The Morgan fingerprint density at radius 3 is 0.824 bits per heavy atom. The highest BCUT2D eigenvalue weighted by atomic mass is 31.2. The molecule has 0 radical (unpaired) electrons. The fraction of sp³-hybridized carbons (Fsp3) is 1.00. The lowest BCUT2D eigenvalue weighted by Gasteiger charge is -2.44. The highest BCUT2D eigenvalue weighted by Crippen LogP contribution is 2.63. The summed E-state index contributed by atoms with van der Waals surface area (Å²) in [6, 6.07) is 0.